The summed E-state index contributed by atoms with van der Waals surface area (Å²) in [5, 5.41) is 0. The van der Waals surface area contributed by atoms with Crippen molar-refractivity contribution in [2.75, 3.05) is 0 Å². The molecule has 0 amide bonds. The van der Waals surface area contributed by atoms with E-state index in [2.05, 4.69) is 88.4 Å². The molecule has 0 spiro atoms. The van der Waals surface area contributed by atoms with Crippen molar-refractivity contribution in [2.45, 2.75) is 102 Å². The highest BCUT2D eigenvalue weighted by molar-refractivity contribution is 6.84. The van der Waals surface area contributed by atoms with E-state index >= 15 is 0 Å². The van der Waals surface area contributed by atoms with Crippen LogP contribution in [0.4, 0.5) is 0 Å². The van der Waals surface area contributed by atoms with E-state index in [0.717, 1.165) is 0 Å². The number of hydrogen-bond donors (Lipinski definition) is 0. The zero-order valence-corrected chi connectivity index (χ0v) is 22.5. The van der Waals surface area contributed by atoms with E-state index in [4.69, 9.17) is 0 Å². The molecule has 0 radical (unpaired) electrons. The summed E-state index contributed by atoms with van der Waals surface area (Å²) in [7, 11) is -1.79. The van der Waals surface area contributed by atoms with Crippen LogP contribution in [-0.4, -0.2) is 8.07 Å². The Bertz CT molecular complexity index is 914. The fourth-order valence-corrected chi connectivity index (χ4v) is 14.4. The second kappa shape index (κ2) is 11.0. The van der Waals surface area contributed by atoms with E-state index in [1.54, 1.807) is 22.3 Å². The van der Waals surface area contributed by atoms with Gasteiger partial charge in [-0.2, -0.15) is 0 Å². The maximum Gasteiger partial charge on any atom is 0.0781 e. The van der Waals surface area contributed by atoms with Gasteiger partial charge in [0, 0.05) is 11.1 Å². The van der Waals surface area contributed by atoms with Crippen molar-refractivity contribution in [1.82, 2.24) is 0 Å². The topological polar surface area (TPSA) is 0 Å². The largest absolute Gasteiger partial charge is 0.0781 e. The summed E-state index contributed by atoms with van der Waals surface area (Å²) >= 11 is 0. The van der Waals surface area contributed by atoms with Crippen LogP contribution in [0.2, 0.25) is 12.1 Å². The number of allylic oxidation sites excluding steroid dienone is 2. The van der Waals surface area contributed by atoms with Crippen LogP contribution in [-0.2, 0) is 0 Å². The summed E-state index contributed by atoms with van der Waals surface area (Å²) in [5.41, 5.74) is 10.9. The van der Waals surface area contributed by atoms with E-state index < -0.39 is 8.07 Å². The number of benzene rings is 2. The predicted molar refractivity (Wildman–Crippen MR) is 149 cm³/mol. The molecular weight excluding hydrogens is 412 g/mol. The average molecular weight is 457 g/mol. The standard InChI is InChI=1S/C32H44Si/c1-5-7-9-15-21-33(22-16-10-8-6-2,31-25(3)23-27-17-11-13-19-29(27)31)32-26(4)24-28-18-12-14-20-30(28)32/h11-14,17-20,23-24,31-32H,5-10,15-16,21-22H2,1-4H3. The van der Waals surface area contributed by atoms with Crippen molar-refractivity contribution in [3.8, 4) is 0 Å². The summed E-state index contributed by atoms with van der Waals surface area (Å²) in [6.07, 6.45) is 16.1. The molecule has 0 aliphatic heterocycles. The molecule has 0 fully saturated rings. The molecule has 4 rings (SSSR count). The first-order valence-electron chi connectivity index (χ1n) is 13.7. The molecule has 0 aromatic heterocycles. The minimum Gasteiger partial charge on any atom is -0.0679 e. The molecule has 0 nitrogen and oxygen atoms in total. The van der Waals surface area contributed by atoms with Gasteiger partial charge in [0.15, 0.2) is 0 Å². The Labute approximate surface area is 204 Å². The second-order valence-corrected chi connectivity index (χ2v) is 15.4. The third kappa shape index (κ3) is 4.85. The van der Waals surface area contributed by atoms with Gasteiger partial charge in [0.1, 0.15) is 0 Å². The van der Waals surface area contributed by atoms with Crippen LogP contribution in [0.5, 0.6) is 0 Å². The fourth-order valence-electron chi connectivity index (χ4n) is 7.12. The molecule has 176 valence electrons. The van der Waals surface area contributed by atoms with Crippen molar-refractivity contribution >= 4 is 20.2 Å². The van der Waals surface area contributed by atoms with Gasteiger partial charge < -0.3 is 0 Å². The minimum atomic E-state index is -1.79. The zero-order chi connectivity index (χ0) is 23.3. The van der Waals surface area contributed by atoms with Gasteiger partial charge in [-0.1, -0.05) is 149 Å². The normalized spacial score (nSPS) is 19.3. The number of unbranched alkanes of at least 4 members (excludes halogenated alkanes) is 6. The summed E-state index contributed by atoms with van der Waals surface area (Å²) in [4.78, 5) is 0. The molecule has 0 N–H and O–H groups in total. The highest BCUT2D eigenvalue weighted by atomic mass is 28.3. The zero-order valence-electron chi connectivity index (χ0n) is 21.5. The Balaban J connectivity index is 1.82. The molecule has 0 saturated heterocycles. The molecule has 33 heavy (non-hydrogen) atoms. The number of rotatable bonds is 12. The van der Waals surface area contributed by atoms with Crippen LogP contribution >= 0.6 is 0 Å². The van der Waals surface area contributed by atoms with Crippen LogP contribution < -0.4 is 0 Å². The Kier molecular flexibility index (Phi) is 8.12. The lowest BCUT2D eigenvalue weighted by Gasteiger charge is -2.45. The van der Waals surface area contributed by atoms with Crippen LogP contribution in [0.25, 0.3) is 12.2 Å². The van der Waals surface area contributed by atoms with E-state index in [-0.39, 0.29) is 0 Å². The highest BCUT2D eigenvalue weighted by Crippen LogP contribution is 2.56. The van der Waals surface area contributed by atoms with Gasteiger partial charge >= 0.3 is 0 Å². The lowest BCUT2D eigenvalue weighted by Crippen LogP contribution is -2.48. The van der Waals surface area contributed by atoms with Gasteiger partial charge in [-0.05, 0) is 36.1 Å². The first-order chi connectivity index (χ1) is 16.1. The molecule has 2 unspecified atom stereocenters. The maximum atomic E-state index is 2.53. The van der Waals surface area contributed by atoms with Gasteiger partial charge in [-0.3, -0.25) is 0 Å². The van der Waals surface area contributed by atoms with Crippen LogP contribution in [0.3, 0.4) is 0 Å². The van der Waals surface area contributed by atoms with Gasteiger partial charge in [0.25, 0.3) is 0 Å². The lowest BCUT2D eigenvalue weighted by atomic mass is 10.1. The van der Waals surface area contributed by atoms with Gasteiger partial charge in [-0.15, -0.1) is 0 Å². The van der Waals surface area contributed by atoms with Crippen LogP contribution in [0.15, 0.2) is 59.7 Å². The molecule has 2 aromatic rings. The third-order valence-corrected chi connectivity index (χ3v) is 14.8. The van der Waals surface area contributed by atoms with Crippen molar-refractivity contribution in [3.63, 3.8) is 0 Å². The summed E-state index contributed by atoms with van der Waals surface area (Å²) in [6, 6.07) is 21.6. The van der Waals surface area contributed by atoms with Gasteiger partial charge in [0.2, 0.25) is 0 Å². The molecule has 0 bridgehead atoms. The molecule has 1 heteroatoms. The third-order valence-electron chi connectivity index (χ3n) is 8.43. The first kappa shape index (κ1) is 24.3. The van der Waals surface area contributed by atoms with E-state index in [1.165, 1.54) is 74.6 Å². The van der Waals surface area contributed by atoms with Crippen LogP contribution in [0, 0.1) is 0 Å². The molecule has 0 heterocycles. The number of hydrogen-bond acceptors (Lipinski definition) is 0. The van der Waals surface area contributed by atoms with E-state index in [1.807, 2.05) is 0 Å². The van der Waals surface area contributed by atoms with Crippen LogP contribution in [0.1, 0.15) is 112 Å². The summed E-state index contributed by atoms with van der Waals surface area (Å²) < 4.78 is 0. The lowest BCUT2D eigenvalue weighted by molar-refractivity contribution is 0.668. The summed E-state index contributed by atoms with van der Waals surface area (Å²) in [6.45, 7) is 9.58. The van der Waals surface area contributed by atoms with Crippen molar-refractivity contribution < 1.29 is 0 Å². The Morgan fingerprint density at radius 2 is 1.00 bits per heavy atom. The molecule has 2 atom stereocenters. The van der Waals surface area contributed by atoms with E-state index in [0.29, 0.717) is 11.1 Å². The Morgan fingerprint density at radius 3 is 1.42 bits per heavy atom. The van der Waals surface area contributed by atoms with Gasteiger partial charge in [0.05, 0.1) is 8.07 Å². The Morgan fingerprint density at radius 1 is 0.576 bits per heavy atom. The predicted octanol–water partition coefficient (Wildman–Crippen LogP) is 10.1. The molecule has 2 aromatic carbocycles. The van der Waals surface area contributed by atoms with Crippen molar-refractivity contribution in [2.24, 2.45) is 0 Å². The van der Waals surface area contributed by atoms with Crippen molar-refractivity contribution in [3.05, 3.63) is 81.9 Å². The molecular formula is C32H44Si. The van der Waals surface area contributed by atoms with Gasteiger partial charge in [-0.25, -0.2) is 0 Å². The van der Waals surface area contributed by atoms with E-state index in [9.17, 15) is 0 Å². The SMILES string of the molecule is CCCCCC[Si](CCCCCC)(C1C(C)=Cc2ccccc21)C1C(C)=Cc2ccccc21. The second-order valence-electron chi connectivity index (χ2n) is 10.8. The van der Waals surface area contributed by atoms with Crippen molar-refractivity contribution in [1.29, 1.82) is 0 Å². The highest BCUT2D eigenvalue weighted by Gasteiger charge is 2.51. The smallest absolute Gasteiger partial charge is 0.0679 e. The molecule has 0 saturated carbocycles. The average Bonchev–Trinajstić information content (AvgIpc) is 3.34. The fraction of sp³-hybridized carbons (Fsp3) is 0.500. The Hall–Kier alpha value is -1.86. The quantitative estimate of drug-likeness (QED) is 0.220. The first-order valence-corrected chi connectivity index (χ1v) is 16.2. The summed E-state index contributed by atoms with van der Waals surface area (Å²) in [5.74, 6) is 0. The number of fused-ring (bicyclic) bond motifs is 2. The molecule has 2 aliphatic rings. The monoisotopic (exact) mass is 456 g/mol. The minimum absolute atomic E-state index is 0.663. The molecule has 2 aliphatic carbocycles. The maximum absolute atomic E-state index is 2.53.